The minimum absolute atomic E-state index is 0.0516. The molecule has 2 aromatic rings. The fourth-order valence-corrected chi connectivity index (χ4v) is 5.03. The Labute approximate surface area is 192 Å². The van der Waals surface area contributed by atoms with E-state index in [2.05, 4.69) is 46.6 Å². The molecule has 5 heteroatoms. The number of hydrogen-bond donors (Lipinski definition) is 1. The zero-order valence-electron chi connectivity index (χ0n) is 18.9. The number of para-hydroxylation sites is 1. The molecule has 2 aliphatic rings. The van der Waals surface area contributed by atoms with Gasteiger partial charge in [0.05, 0.1) is 11.3 Å². The van der Waals surface area contributed by atoms with Crippen molar-refractivity contribution in [1.29, 1.82) is 5.26 Å². The summed E-state index contributed by atoms with van der Waals surface area (Å²) in [5.41, 5.74) is 2.74. The first-order valence-corrected chi connectivity index (χ1v) is 12.0. The molecule has 2 aliphatic heterocycles. The number of nitrogens with zero attached hydrogens (tertiary/aromatic N) is 3. The monoisotopic (exact) mass is 430 g/mol. The topological polar surface area (TPSA) is 59.4 Å². The molecule has 2 aromatic carbocycles. The molecule has 0 aromatic heterocycles. The highest BCUT2D eigenvalue weighted by Crippen LogP contribution is 2.28. The highest BCUT2D eigenvalue weighted by molar-refractivity contribution is 5.96. The van der Waals surface area contributed by atoms with Crippen LogP contribution >= 0.6 is 0 Å². The van der Waals surface area contributed by atoms with Crippen LogP contribution in [-0.2, 0) is 11.3 Å². The molecule has 0 atom stereocenters. The van der Waals surface area contributed by atoms with Gasteiger partial charge in [0.2, 0.25) is 5.91 Å². The molecule has 0 aliphatic carbocycles. The number of rotatable bonds is 7. The average Bonchev–Trinajstić information content (AvgIpc) is 2.86. The van der Waals surface area contributed by atoms with Crippen LogP contribution in [0.3, 0.4) is 0 Å². The Morgan fingerprint density at radius 3 is 2.41 bits per heavy atom. The van der Waals surface area contributed by atoms with Crippen molar-refractivity contribution >= 4 is 11.6 Å². The maximum atomic E-state index is 13.5. The standard InChI is InChI=1S/C27H34N4O/c28-20-25-8-4-5-9-26(25)31(27(32)24-10-15-29-16-11-24)19-14-22-12-17-30(18-13-22)21-23-6-2-1-3-7-23/h1-9,22,24,29H,10-19,21H2. The van der Waals surface area contributed by atoms with Crippen molar-refractivity contribution in [2.24, 2.45) is 11.8 Å². The van der Waals surface area contributed by atoms with Gasteiger partial charge in [0.25, 0.3) is 0 Å². The van der Waals surface area contributed by atoms with Gasteiger partial charge in [-0.2, -0.15) is 5.26 Å². The highest BCUT2D eigenvalue weighted by Gasteiger charge is 2.29. The van der Waals surface area contributed by atoms with E-state index in [0.717, 1.165) is 57.7 Å². The van der Waals surface area contributed by atoms with E-state index in [0.29, 0.717) is 18.0 Å². The number of likely N-dealkylation sites (tertiary alicyclic amines) is 1. The summed E-state index contributed by atoms with van der Waals surface area (Å²) in [4.78, 5) is 17.9. The Balaban J connectivity index is 1.37. The average molecular weight is 431 g/mol. The summed E-state index contributed by atoms with van der Waals surface area (Å²) in [6.45, 7) is 5.72. The smallest absolute Gasteiger partial charge is 0.230 e. The third-order valence-corrected chi connectivity index (χ3v) is 6.99. The fraction of sp³-hybridized carbons (Fsp3) is 0.481. The summed E-state index contributed by atoms with van der Waals surface area (Å²) < 4.78 is 0. The lowest BCUT2D eigenvalue weighted by Gasteiger charge is -2.34. The molecule has 0 radical (unpaired) electrons. The van der Waals surface area contributed by atoms with Gasteiger partial charge in [-0.05, 0) is 81.9 Å². The fourth-order valence-electron chi connectivity index (χ4n) is 5.03. The largest absolute Gasteiger partial charge is 0.317 e. The van der Waals surface area contributed by atoms with Gasteiger partial charge >= 0.3 is 0 Å². The first kappa shape index (κ1) is 22.5. The van der Waals surface area contributed by atoms with Gasteiger partial charge in [-0.3, -0.25) is 9.69 Å². The molecule has 0 saturated carbocycles. The minimum Gasteiger partial charge on any atom is -0.317 e. The van der Waals surface area contributed by atoms with E-state index in [1.807, 2.05) is 29.2 Å². The molecule has 4 rings (SSSR count). The molecular weight excluding hydrogens is 396 g/mol. The van der Waals surface area contributed by atoms with Crippen LogP contribution in [0, 0.1) is 23.2 Å². The molecule has 0 bridgehead atoms. The predicted octanol–water partition coefficient (Wildman–Crippen LogP) is 4.19. The zero-order chi connectivity index (χ0) is 22.2. The van der Waals surface area contributed by atoms with Crippen LogP contribution < -0.4 is 10.2 Å². The Bertz CT molecular complexity index is 909. The van der Waals surface area contributed by atoms with E-state index >= 15 is 0 Å². The lowest BCUT2D eigenvalue weighted by Crippen LogP contribution is -2.43. The Morgan fingerprint density at radius 1 is 1.00 bits per heavy atom. The third-order valence-electron chi connectivity index (χ3n) is 6.99. The number of amides is 1. The van der Waals surface area contributed by atoms with Gasteiger partial charge in [0, 0.05) is 19.0 Å². The van der Waals surface area contributed by atoms with E-state index in [4.69, 9.17) is 0 Å². The van der Waals surface area contributed by atoms with Gasteiger partial charge in [0.1, 0.15) is 6.07 Å². The normalized spacial score (nSPS) is 18.2. The van der Waals surface area contributed by atoms with Crippen molar-refractivity contribution in [3.05, 3.63) is 65.7 Å². The van der Waals surface area contributed by atoms with Crippen LogP contribution in [0.15, 0.2) is 54.6 Å². The van der Waals surface area contributed by atoms with Gasteiger partial charge in [-0.1, -0.05) is 42.5 Å². The number of piperidine rings is 2. The summed E-state index contributed by atoms with van der Waals surface area (Å²) in [5.74, 6) is 0.867. The van der Waals surface area contributed by atoms with Crippen molar-refractivity contribution in [2.45, 2.75) is 38.6 Å². The lowest BCUT2D eigenvalue weighted by atomic mass is 9.92. The summed E-state index contributed by atoms with van der Waals surface area (Å²) in [7, 11) is 0. The lowest BCUT2D eigenvalue weighted by molar-refractivity contribution is -0.123. The van der Waals surface area contributed by atoms with Crippen LogP contribution in [0.5, 0.6) is 0 Å². The quantitative estimate of drug-likeness (QED) is 0.715. The molecule has 0 unspecified atom stereocenters. The van der Waals surface area contributed by atoms with Crippen molar-refractivity contribution < 1.29 is 4.79 Å². The number of benzene rings is 2. The van der Waals surface area contributed by atoms with E-state index in [9.17, 15) is 10.1 Å². The number of nitrogens with one attached hydrogen (secondary N) is 1. The van der Waals surface area contributed by atoms with Gasteiger partial charge in [-0.15, -0.1) is 0 Å². The maximum Gasteiger partial charge on any atom is 0.230 e. The molecule has 1 N–H and O–H groups in total. The second-order valence-corrected chi connectivity index (χ2v) is 9.14. The van der Waals surface area contributed by atoms with Crippen molar-refractivity contribution in [2.75, 3.05) is 37.6 Å². The number of hydrogen-bond acceptors (Lipinski definition) is 4. The van der Waals surface area contributed by atoms with Gasteiger partial charge < -0.3 is 10.2 Å². The van der Waals surface area contributed by atoms with Crippen molar-refractivity contribution in [1.82, 2.24) is 10.2 Å². The van der Waals surface area contributed by atoms with Crippen LogP contribution in [0.25, 0.3) is 0 Å². The van der Waals surface area contributed by atoms with Crippen molar-refractivity contribution in [3.63, 3.8) is 0 Å². The number of nitriles is 1. The Morgan fingerprint density at radius 2 is 1.69 bits per heavy atom. The molecule has 1 amide bonds. The van der Waals surface area contributed by atoms with E-state index in [1.54, 1.807) is 0 Å². The van der Waals surface area contributed by atoms with E-state index < -0.39 is 0 Å². The predicted molar refractivity (Wildman–Crippen MR) is 128 cm³/mol. The second-order valence-electron chi connectivity index (χ2n) is 9.14. The third kappa shape index (κ3) is 5.76. The number of anilines is 1. The van der Waals surface area contributed by atoms with E-state index in [1.165, 1.54) is 18.4 Å². The zero-order valence-corrected chi connectivity index (χ0v) is 18.9. The summed E-state index contributed by atoms with van der Waals surface area (Å²) in [5, 5.41) is 13.0. The molecule has 168 valence electrons. The molecular formula is C27H34N4O. The van der Waals surface area contributed by atoms with Crippen LogP contribution in [0.4, 0.5) is 5.69 Å². The van der Waals surface area contributed by atoms with Crippen molar-refractivity contribution in [3.8, 4) is 6.07 Å². The van der Waals surface area contributed by atoms with Crippen LogP contribution in [0.2, 0.25) is 0 Å². The Hall–Kier alpha value is -2.68. The van der Waals surface area contributed by atoms with E-state index in [-0.39, 0.29) is 11.8 Å². The van der Waals surface area contributed by atoms with Gasteiger partial charge in [-0.25, -0.2) is 0 Å². The second kappa shape index (κ2) is 11.3. The molecule has 0 spiro atoms. The summed E-state index contributed by atoms with van der Waals surface area (Å²) in [6.07, 6.45) is 5.09. The SMILES string of the molecule is N#Cc1ccccc1N(CCC1CCN(Cc2ccccc2)CC1)C(=O)C1CCNCC1. The Kier molecular flexibility index (Phi) is 7.92. The molecule has 2 fully saturated rings. The van der Waals surface area contributed by atoms with Crippen LogP contribution in [-0.4, -0.2) is 43.5 Å². The molecule has 2 saturated heterocycles. The number of carbonyl (C=O) groups excluding carboxylic acids is 1. The summed E-state index contributed by atoms with van der Waals surface area (Å²) in [6, 6.07) is 20.5. The highest BCUT2D eigenvalue weighted by atomic mass is 16.2. The molecule has 2 heterocycles. The maximum absolute atomic E-state index is 13.5. The first-order chi connectivity index (χ1) is 15.7. The molecule has 5 nitrogen and oxygen atoms in total. The number of carbonyl (C=O) groups is 1. The van der Waals surface area contributed by atoms with Crippen LogP contribution in [0.1, 0.15) is 43.2 Å². The first-order valence-electron chi connectivity index (χ1n) is 12.0. The van der Waals surface area contributed by atoms with Gasteiger partial charge in [0.15, 0.2) is 0 Å². The molecule has 32 heavy (non-hydrogen) atoms. The minimum atomic E-state index is 0.0516. The summed E-state index contributed by atoms with van der Waals surface area (Å²) >= 11 is 0.